The number of amides is 3. The summed E-state index contributed by atoms with van der Waals surface area (Å²) in [6.45, 7) is 6.65. The highest BCUT2D eigenvalue weighted by molar-refractivity contribution is 5.98. The second kappa shape index (κ2) is 11.1. The van der Waals surface area contributed by atoms with Crippen molar-refractivity contribution in [3.8, 4) is 0 Å². The van der Waals surface area contributed by atoms with Gasteiger partial charge in [-0.05, 0) is 68.9 Å². The predicted octanol–water partition coefficient (Wildman–Crippen LogP) is 3.70. The Balaban J connectivity index is 1.71. The normalized spacial score (nSPS) is 16.1. The molecular formula is C26H32FN3O3. The van der Waals surface area contributed by atoms with Gasteiger partial charge in [0.25, 0.3) is 11.8 Å². The summed E-state index contributed by atoms with van der Waals surface area (Å²) < 4.78 is 13.5. The Kier molecular flexibility index (Phi) is 8.20. The Hall–Kier alpha value is -3.22. The molecule has 2 N–H and O–H groups in total. The van der Waals surface area contributed by atoms with Gasteiger partial charge in [-0.15, -0.1) is 0 Å². The van der Waals surface area contributed by atoms with Crippen molar-refractivity contribution in [3.05, 3.63) is 71.0 Å². The first-order chi connectivity index (χ1) is 15.8. The molecule has 0 saturated carbocycles. The van der Waals surface area contributed by atoms with Crippen LogP contribution in [0.4, 0.5) is 4.39 Å². The van der Waals surface area contributed by atoms with E-state index in [2.05, 4.69) is 10.6 Å². The van der Waals surface area contributed by atoms with Crippen LogP contribution in [0.15, 0.2) is 48.5 Å². The molecule has 1 aliphatic heterocycles. The summed E-state index contributed by atoms with van der Waals surface area (Å²) in [6.07, 6.45) is 1.91. The van der Waals surface area contributed by atoms with Gasteiger partial charge in [0.2, 0.25) is 5.91 Å². The van der Waals surface area contributed by atoms with Crippen LogP contribution in [0.25, 0.3) is 0 Å². The minimum Gasteiger partial charge on any atom is -0.352 e. The number of benzene rings is 2. The van der Waals surface area contributed by atoms with E-state index >= 15 is 0 Å². The van der Waals surface area contributed by atoms with Gasteiger partial charge in [0.05, 0.1) is 0 Å². The topological polar surface area (TPSA) is 78.5 Å². The van der Waals surface area contributed by atoms with E-state index in [-0.39, 0.29) is 29.7 Å². The zero-order valence-electron chi connectivity index (χ0n) is 19.4. The Morgan fingerprint density at radius 2 is 1.76 bits per heavy atom. The van der Waals surface area contributed by atoms with Gasteiger partial charge < -0.3 is 15.5 Å². The van der Waals surface area contributed by atoms with Crippen LogP contribution in [-0.2, 0) is 4.79 Å². The maximum absolute atomic E-state index is 13.5. The molecule has 2 atom stereocenters. The lowest BCUT2D eigenvalue weighted by atomic mass is 9.88. The smallest absolute Gasteiger partial charge is 0.253 e. The van der Waals surface area contributed by atoms with E-state index in [1.165, 1.54) is 18.2 Å². The van der Waals surface area contributed by atoms with E-state index in [1.807, 2.05) is 32.9 Å². The number of carbonyl (C=O) groups is 3. The first-order valence-electron chi connectivity index (χ1n) is 11.5. The first kappa shape index (κ1) is 24.4. The largest absolute Gasteiger partial charge is 0.352 e. The van der Waals surface area contributed by atoms with Crippen molar-refractivity contribution in [2.45, 2.75) is 52.1 Å². The van der Waals surface area contributed by atoms with Gasteiger partial charge >= 0.3 is 0 Å². The molecular weight excluding hydrogens is 421 g/mol. The molecule has 7 heteroatoms. The molecule has 176 valence electrons. The Labute approximate surface area is 194 Å². The van der Waals surface area contributed by atoms with Crippen molar-refractivity contribution in [1.82, 2.24) is 15.5 Å². The lowest BCUT2D eigenvalue weighted by molar-refractivity contribution is -0.125. The number of halogens is 1. The molecule has 2 aromatic rings. The SMILES string of the molecule is CC[C@H](C)NC(=O)[C@@H](NC(=O)c1ccccc1C)C1CCN(C(=O)c2cccc(F)c2)CC1. The molecule has 0 aromatic heterocycles. The minimum atomic E-state index is -0.697. The molecule has 6 nitrogen and oxygen atoms in total. The van der Waals surface area contributed by atoms with Gasteiger partial charge in [-0.25, -0.2) is 4.39 Å². The number of aryl methyl sites for hydroxylation is 1. The molecule has 0 spiro atoms. The highest BCUT2D eigenvalue weighted by Gasteiger charge is 2.34. The zero-order chi connectivity index (χ0) is 24.0. The van der Waals surface area contributed by atoms with Crippen molar-refractivity contribution < 1.29 is 18.8 Å². The summed E-state index contributed by atoms with van der Waals surface area (Å²) in [4.78, 5) is 40.5. The Bertz CT molecular complexity index is 1000. The highest BCUT2D eigenvalue weighted by atomic mass is 19.1. The fourth-order valence-corrected chi connectivity index (χ4v) is 4.12. The number of likely N-dealkylation sites (tertiary alicyclic amines) is 1. The summed E-state index contributed by atoms with van der Waals surface area (Å²) in [6, 6.07) is 12.2. The van der Waals surface area contributed by atoms with Crippen LogP contribution < -0.4 is 10.6 Å². The van der Waals surface area contributed by atoms with E-state index in [1.54, 1.807) is 23.1 Å². The van der Waals surface area contributed by atoms with Crippen molar-refractivity contribution in [2.24, 2.45) is 5.92 Å². The van der Waals surface area contributed by atoms with Crippen LogP contribution in [-0.4, -0.2) is 47.8 Å². The summed E-state index contributed by atoms with van der Waals surface area (Å²) in [5, 5.41) is 5.94. The molecule has 0 aliphatic carbocycles. The lowest BCUT2D eigenvalue weighted by Crippen LogP contribution is -2.55. The zero-order valence-corrected chi connectivity index (χ0v) is 19.4. The minimum absolute atomic E-state index is 0.00925. The summed E-state index contributed by atoms with van der Waals surface area (Å²) in [5.74, 6) is -1.27. The maximum Gasteiger partial charge on any atom is 0.253 e. The van der Waals surface area contributed by atoms with Gasteiger partial charge in [-0.2, -0.15) is 0 Å². The number of nitrogens with one attached hydrogen (secondary N) is 2. The number of nitrogens with zero attached hydrogens (tertiary/aromatic N) is 1. The van der Waals surface area contributed by atoms with Crippen molar-refractivity contribution in [1.29, 1.82) is 0 Å². The first-order valence-corrected chi connectivity index (χ1v) is 11.5. The number of piperidine rings is 1. The lowest BCUT2D eigenvalue weighted by Gasteiger charge is -2.36. The maximum atomic E-state index is 13.5. The molecule has 3 amide bonds. The Morgan fingerprint density at radius 3 is 2.39 bits per heavy atom. The van der Waals surface area contributed by atoms with Crippen molar-refractivity contribution in [2.75, 3.05) is 13.1 Å². The van der Waals surface area contributed by atoms with Crippen LogP contribution >= 0.6 is 0 Å². The monoisotopic (exact) mass is 453 g/mol. The van der Waals surface area contributed by atoms with Crippen LogP contribution in [0.2, 0.25) is 0 Å². The molecule has 1 fully saturated rings. The Morgan fingerprint density at radius 1 is 1.06 bits per heavy atom. The second-order valence-corrected chi connectivity index (χ2v) is 8.72. The third kappa shape index (κ3) is 6.18. The van der Waals surface area contributed by atoms with Crippen LogP contribution in [0.3, 0.4) is 0 Å². The summed E-state index contributed by atoms with van der Waals surface area (Å²) in [7, 11) is 0. The summed E-state index contributed by atoms with van der Waals surface area (Å²) >= 11 is 0. The molecule has 0 unspecified atom stereocenters. The van der Waals surface area contributed by atoms with Crippen LogP contribution in [0.1, 0.15) is 59.4 Å². The summed E-state index contributed by atoms with van der Waals surface area (Å²) in [5.41, 5.74) is 1.69. The van der Waals surface area contributed by atoms with Gasteiger partial charge in [0.15, 0.2) is 0 Å². The van der Waals surface area contributed by atoms with E-state index < -0.39 is 11.9 Å². The molecule has 1 heterocycles. The average molecular weight is 454 g/mol. The van der Waals surface area contributed by atoms with E-state index in [0.717, 1.165) is 12.0 Å². The molecule has 1 saturated heterocycles. The molecule has 33 heavy (non-hydrogen) atoms. The fourth-order valence-electron chi connectivity index (χ4n) is 4.12. The molecule has 1 aliphatic rings. The third-order valence-electron chi connectivity index (χ3n) is 6.33. The average Bonchev–Trinajstić information content (AvgIpc) is 2.82. The highest BCUT2D eigenvalue weighted by Crippen LogP contribution is 2.23. The molecule has 3 rings (SSSR count). The predicted molar refractivity (Wildman–Crippen MR) is 125 cm³/mol. The van der Waals surface area contributed by atoms with Gasteiger partial charge in [0.1, 0.15) is 11.9 Å². The second-order valence-electron chi connectivity index (χ2n) is 8.72. The van der Waals surface area contributed by atoms with Crippen molar-refractivity contribution in [3.63, 3.8) is 0 Å². The van der Waals surface area contributed by atoms with Gasteiger partial charge in [-0.1, -0.05) is 31.2 Å². The fraction of sp³-hybridized carbons (Fsp3) is 0.423. The molecule has 2 aromatic carbocycles. The van der Waals surface area contributed by atoms with E-state index in [0.29, 0.717) is 37.1 Å². The quantitative estimate of drug-likeness (QED) is 0.671. The third-order valence-corrected chi connectivity index (χ3v) is 6.33. The van der Waals surface area contributed by atoms with E-state index in [9.17, 15) is 18.8 Å². The van der Waals surface area contributed by atoms with Crippen LogP contribution in [0.5, 0.6) is 0 Å². The number of carbonyl (C=O) groups excluding carboxylic acids is 3. The standard InChI is InChI=1S/C26H32FN3O3/c1-4-18(3)28-25(32)23(29-24(31)22-11-6-5-8-17(22)2)19-12-14-30(15-13-19)26(33)20-9-7-10-21(27)16-20/h5-11,16,18-19,23H,4,12-15H2,1-3H3,(H,28,32)(H,29,31)/t18-,23-/m0/s1. The van der Waals surface area contributed by atoms with Crippen molar-refractivity contribution >= 4 is 17.7 Å². The van der Waals surface area contributed by atoms with E-state index in [4.69, 9.17) is 0 Å². The van der Waals surface area contributed by atoms with Gasteiger partial charge in [-0.3, -0.25) is 14.4 Å². The van der Waals surface area contributed by atoms with Crippen LogP contribution in [0, 0.1) is 18.7 Å². The molecule has 0 bridgehead atoms. The van der Waals surface area contributed by atoms with Gasteiger partial charge in [0, 0.05) is 30.3 Å². The number of rotatable bonds is 7. The number of hydrogen-bond donors (Lipinski definition) is 2. The number of hydrogen-bond acceptors (Lipinski definition) is 3. The molecule has 0 radical (unpaired) electrons.